The van der Waals surface area contributed by atoms with Gasteiger partial charge < -0.3 is 14.5 Å². The second-order valence-electron chi connectivity index (χ2n) is 7.93. The monoisotopic (exact) mass is 508 g/mol. The fourth-order valence-electron chi connectivity index (χ4n) is 3.44. The normalized spacial score (nSPS) is 11.3. The fourth-order valence-corrected chi connectivity index (χ4v) is 3.66. The van der Waals surface area contributed by atoms with Crippen LogP contribution in [-0.4, -0.2) is 54.8 Å². The molecule has 0 aliphatic rings. The summed E-state index contributed by atoms with van der Waals surface area (Å²) in [4.78, 5) is 32.7. The third-order valence-electron chi connectivity index (χ3n) is 5.44. The molecule has 0 bridgehead atoms. The number of hydrogen-bond acceptors (Lipinski definition) is 5. The third-order valence-corrected chi connectivity index (χ3v) is 5.67. The summed E-state index contributed by atoms with van der Waals surface area (Å²) in [6, 6.07) is 10.7. The summed E-state index contributed by atoms with van der Waals surface area (Å²) in [7, 11) is 4.58. The predicted molar refractivity (Wildman–Crippen MR) is 128 cm³/mol. The molecule has 35 heavy (non-hydrogen) atoms. The van der Waals surface area contributed by atoms with Crippen molar-refractivity contribution in [1.82, 2.24) is 14.5 Å². The van der Waals surface area contributed by atoms with E-state index in [-0.39, 0.29) is 11.5 Å². The molecular weight excluding hydrogens is 485 g/mol. The lowest BCUT2D eigenvalue weighted by atomic mass is 10.1. The fraction of sp³-hybridized carbons (Fsp3) is 0.292. The first-order valence-electron chi connectivity index (χ1n) is 10.5. The molecule has 0 saturated carbocycles. The minimum Gasteiger partial charge on any atom is -0.453 e. The highest BCUT2D eigenvalue weighted by Gasteiger charge is 2.30. The van der Waals surface area contributed by atoms with Crippen LogP contribution in [0.3, 0.4) is 0 Å². The van der Waals surface area contributed by atoms with Gasteiger partial charge in [0.25, 0.3) is 5.56 Å². The van der Waals surface area contributed by atoms with Crippen molar-refractivity contribution >= 4 is 23.5 Å². The summed E-state index contributed by atoms with van der Waals surface area (Å²) in [5.41, 5.74) is 0.257. The SMILES string of the molecule is COC(=O)N(C)CCN(C)c1cc(=O)n(-c2ccc(C(F)(F)F)cc2)c(-c2ccc(Cl)cc2C)n1. The summed E-state index contributed by atoms with van der Waals surface area (Å²) in [6.07, 6.45) is -5.00. The molecule has 0 atom stereocenters. The number of likely N-dealkylation sites (N-methyl/N-ethyl adjacent to an activating group) is 2. The maximum atomic E-state index is 13.3. The highest BCUT2D eigenvalue weighted by molar-refractivity contribution is 6.30. The molecule has 3 rings (SSSR count). The lowest BCUT2D eigenvalue weighted by molar-refractivity contribution is -0.137. The Hall–Kier alpha value is -3.53. The van der Waals surface area contributed by atoms with Crippen molar-refractivity contribution in [3.8, 4) is 17.1 Å². The lowest BCUT2D eigenvalue weighted by Crippen LogP contribution is -2.35. The Kier molecular flexibility index (Phi) is 7.74. The first-order valence-corrected chi connectivity index (χ1v) is 10.9. The van der Waals surface area contributed by atoms with Crippen LogP contribution in [0.4, 0.5) is 23.8 Å². The number of aryl methyl sites for hydroxylation is 1. The number of carbonyl (C=O) groups is 1. The molecule has 3 aromatic rings. The summed E-state index contributed by atoms with van der Waals surface area (Å²) in [5, 5.41) is 0.494. The number of hydrogen-bond donors (Lipinski definition) is 0. The van der Waals surface area contributed by atoms with Gasteiger partial charge in [0.1, 0.15) is 11.6 Å². The van der Waals surface area contributed by atoms with Gasteiger partial charge in [-0.1, -0.05) is 11.6 Å². The van der Waals surface area contributed by atoms with Gasteiger partial charge in [0.05, 0.1) is 18.4 Å². The molecule has 0 radical (unpaired) electrons. The van der Waals surface area contributed by atoms with Gasteiger partial charge in [0.2, 0.25) is 0 Å². The molecule has 0 fully saturated rings. The van der Waals surface area contributed by atoms with Crippen LogP contribution in [0.15, 0.2) is 53.3 Å². The highest BCUT2D eigenvalue weighted by atomic mass is 35.5. The zero-order valence-electron chi connectivity index (χ0n) is 19.6. The van der Waals surface area contributed by atoms with Gasteiger partial charge in [0, 0.05) is 43.8 Å². The molecule has 1 heterocycles. The number of anilines is 1. The number of nitrogens with zero attached hydrogens (tertiary/aromatic N) is 4. The standard InChI is InChI=1S/C24H24ClF3N4O3/c1-15-13-17(25)7-10-19(15)22-29-20(30(2)11-12-31(3)23(34)35-4)14-21(33)32(22)18-8-5-16(6-9-18)24(26,27)28/h5-10,13-14H,11-12H2,1-4H3. The van der Waals surface area contributed by atoms with Crippen LogP contribution in [-0.2, 0) is 10.9 Å². The molecule has 1 amide bonds. The van der Waals surface area contributed by atoms with Gasteiger partial charge in [-0.25, -0.2) is 9.78 Å². The molecule has 0 spiro atoms. The average molecular weight is 509 g/mol. The van der Waals surface area contributed by atoms with Gasteiger partial charge in [-0.15, -0.1) is 0 Å². The zero-order chi connectivity index (χ0) is 25.9. The van der Waals surface area contributed by atoms with Crippen molar-refractivity contribution in [2.24, 2.45) is 0 Å². The van der Waals surface area contributed by atoms with Crippen LogP contribution in [0.25, 0.3) is 17.1 Å². The Morgan fingerprint density at radius 1 is 1.09 bits per heavy atom. The van der Waals surface area contributed by atoms with E-state index in [9.17, 15) is 22.8 Å². The number of halogens is 4. The number of benzene rings is 2. The van der Waals surface area contributed by atoms with E-state index in [4.69, 9.17) is 11.6 Å². The van der Waals surface area contributed by atoms with E-state index in [1.165, 1.54) is 34.8 Å². The summed E-state index contributed by atoms with van der Waals surface area (Å²) in [6.45, 7) is 2.45. The van der Waals surface area contributed by atoms with E-state index in [0.29, 0.717) is 29.5 Å². The predicted octanol–water partition coefficient (Wildman–Crippen LogP) is 5.01. The van der Waals surface area contributed by atoms with Crippen molar-refractivity contribution in [1.29, 1.82) is 0 Å². The third kappa shape index (κ3) is 5.94. The molecule has 186 valence electrons. The van der Waals surface area contributed by atoms with Gasteiger partial charge in [-0.2, -0.15) is 13.2 Å². The first-order chi connectivity index (χ1) is 16.4. The Bertz CT molecular complexity index is 1280. The van der Waals surface area contributed by atoms with E-state index in [0.717, 1.165) is 17.7 Å². The number of rotatable bonds is 6. The molecule has 1 aromatic heterocycles. The van der Waals surface area contributed by atoms with E-state index in [2.05, 4.69) is 9.72 Å². The van der Waals surface area contributed by atoms with Crippen molar-refractivity contribution in [3.05, 3.63) is 75.0 Å². The molecule has 0 saturated heterocycles. The van der Waals surface area contributed by atoms with Gasteiger partial charge >= 0.3 is 12.3 Å². The van der Waals surface area contributed by atoms with Crippen LogP contribution in [0, 0.1) is 6.92 Å². The summed E-state index contributed by atoms with van der Waals surface area (Å²) >= 11 is 6.10. The highest BCUT2D eigenvalue weighted by Crippen LogP contribution is 2.31. The number of amides is 1. The van der Waals surface area contributed by atoms with E-state index in [1.54, 1.807) is 44.1 Å². The van der Waals surface area contributed by atoms with Crippen molar-refractivity contribution < 1.29 is 22.7 Å². The van der Waals surface area contributed by atoms with E-state index in [1.807, 2.05) is 0 Å². The Morgan fingerprint density at radius 2 is 1.74 bits per heavy atom. The summed E-state index contributed by atoms with van der Waals surface area (Å²) < 4.78 is 45.1. The van der Waals surface area contributed by atoms with Crippen molar-refractivity contribution in [2.45, 2.75) is 13.1 Å². The minimum atomic E-state index is -4.50. The van der Waals surface area contributed by atoms with Crippen LogP contribution in [0.2, 0.25) is 5.02 Å². The first kappa shape index (κ1) is 26.1. The maximum absolute atomic E-state index is 13.3. The van der Waals surface area contributed by atoms with Gasteiger partial charge in [-0.3, -0.25) is 9.36 Å². The maximum Gasteiger partial charge on any atom is 0.416 e. The molecule has 0 aliphatic carbocycles. The average Bonchev–Trinajstić information content (AvgIpc) is 2.80. The Labute approximate surface area is 205 Å². The van der Waals surface area contributed by atoms with Crippen LogP contribution >= 0.6 is 11.6 Å². The van der Waals surface area contributed by atoms with E-state index >= 15 is 0 Å². The second-order valence-corrected chi connectivity index (χ2v) is 8.37. The lowest BCUT2D eigenvalue weighted by Gasteiger charge is -2.24. The van der Waals surface area contributed by atoms with Crippen molar-refractivity contribution in [3.63, 3.8) is 0 Å². The quantitative estimate of drug-likeness (QED) is 0.468. The van der Waals surface area contributed by atoms with Gasteiger partial charge in [-0.05, 0) is 55.0 Å². The minimum absolute atomic E-state index is 0.236. The molecule has 0 N–H and O–H groups in total. The molecule has 7 nitrogen and oxygen atoms in total. The largest absolute Gasteiger partial charge is 0.453 e. The van der Waals surface area contributed by atoms with Crippen LogP contribution in [0.1, 0.15) is 11.1 Å². The smallest absolute Gasteiger partial charge is 0.416 e. The topological polar surface area (TPSA) is 67.7 Å². The van der Waals surface area contributed by atoms with E-state index < -0.39 is 23.4 Å². The number of aromatic nitrogens is 2. The molecular formula is C24H24ClF3N4O3. The number of methoxy groups -OCH3 is 1. The molecule has 0 unspecified atom stereocenters. The molecule has 0 aliphatic heterocycles. The van der Waals surface area contributed by atoms with Gasteiger partial charge in [0.15, 0.2) is 0 Å². The number of alkyl halides is 3. The van der Waals surface area contributed by atoms with Crippen LogP contribution < -0.4 is 10.5 Å². The number of ether oxygens (including phenoxy) is 1. The van der Waals surface area contributed by atoms with Crippen LogP contribution in [0.5, 0.6) is 0 Å². The zero-order valence-corrected chi connectivity index (χ0v) is 20.3. The van der Waals surface area contributed by atoms with Crippen molar-refractivity contribution in [2.75, 3.05) is 39.2 Å². The number of carbonyl (C=O) groups excluding carboxylic acids is 1. The second kappa shape index (κ2) is 10.4. The summed E-state index contributed by atoms with van der Waals surface area (Å²) in [5.74, 6) is 0.579. The molecule has 2 aromatic carbocycles. The molecule has 11 heteroatoms. The Balaban J connectivity index is 2.10. The Morgan fingerprint density at radius 3 is 2.31 bits per heavy atom.